The van der Waals surface area contributed by atoms with Gasteiger partial charge < -0.3 is 16.0 Å². The predicted octanol–water partition coefficient (Wildman–Crippen LogP) is -2.98. The number of aliphatic hydroxyl groups is 1. The van der Waals surface area contributed by atoms with Gasteiger partial charge in [0.25, 0.3) is 5.91 Å². The van der Waals surface area contributed by atoms with Gasteiger partial charge in [0.1, 0.15) is 0 Å². The summed E-state index contributed by atoms with van der Waals surface area (Å²) >= 11 is 0. The van der Waals surface area contributed by atoms with Crippen LogP contribution in [0.15, 0.2) is 0 Å². The molecule has 0 aliphatic rings. The number of hydrogen-bond acceptors (Lipinski definition) is 4. The van der Waals surface area contributed by atoms with Crippen LogP contribution in [0.2, 0.25) is 0 Å². The highest BCUT2D eigenvalue weighted by Gasteiger charge is 2.04. The number of rotatable bonds is 6. The van der Waals surface area contributed by atoms with Crippen LogP contribution in [0.25, 0.3) is 5.53 Å². The van der Waals surface area contributed by atoms with Gasteiger partial charge in [0.2, 0.25) is 0 Å². The van der Waals surface area contributed by atoms with Gasteiger partial charge in [-0.2, -0.15) is 4.79 Å². The van der Waals surface area contributed by atoms with Crippen LogP contribution in [0.3, 0.4) is 0 Å². The van der Waals surface area contributed by atoms with Gasteiger partial charge in [-0.25, -0.2) is 5.43 Å². The van der Waals surface area contributed by atoms with Crippen LogP contribution < -0.4 is 16.2 Å². The molecule has 0 aromatic heterocycles. The molecular weight excluding hydrogens is 190 g/mol. The van der Waals surface area contributed by atoms with E-state index < -0.39 is 11.8 Å². The van der Waals surface area contributed by atoms with Crippen LogP contribution in [0.4, 0.5) is 0 Å². The zero-order chi connectivity index (χ0) is 10.8. The second-order valence-electron chi connectivity index (χ2n) is 2.16. The molecule has 0 saturated heterocycles. The summed E-state index contributed by atoms with van der Waals surface area (Å²) in [6, 6.07) is 0. The number of hydrazine groups is 1. The lowest BCUT2D eigenvalue weighted by Crippen LogP contribution is -2.44. The molecular formula is C6H11N5O3. The minimum Gasteiger partial charge on any atom is -0.395 e. The number of aliphatic hydroxyl groups excluding tert-OH is 1. The van der Waals surface area contributed by atoms with E-state index in [-0.39, 0.29) is 19.7 Å². The van der Waals surface area contributed by atoms with Crippen molar-refractivity contribution in [3.8, 4) is 0 Å². The van der Waals surface area contributed by atoms with Crippen molar-refractivity contribution in [1.82, 2.24) is 16.2 Å². The Hall–Kier alpha value is -1.76. The molecule has 0 atom stereocenters. The Bertz CT molecular complexity index is 248. The minimum atomic E-state index is -0.676. The molecule has 0 radical (unpaired) electrons. The fourth-order valence-corrected chi connectivity index (χ4v) is 0.527. The van der Waals surface area contributed by atoms with E-state index >= 15 is 0 Å². The third-order valence-electron chi connectivity index (χ3n) is 1.06. The molecule has 0 bridgehead atoms. The standard InChI is InChI=1S/C6H11N5O3/c7-9-4-5(13)8-3-6(14)11-10-1-2-12/h4,10,12H,1-3H2,(H,8,13)(H,11,14). The Balaban J connectivity index is 3.53. The van der Waals surface area contributed by atoms with E-state index in [0.717, 1.165) is 0 Å². The fraction of sp³-hybridized carbons (Fsp3) is 0.500. The molecule has 0 heterocycles. The van der Waals surface area contributed by atoms with Gasteiger partial charge in [0, 0.05) is 6.54 Å². The number of nitrogens with zero attached hydrogens (tertiary/aromatic N) is 2. The minimum absolute atomic E-state index is 0.107. The highest BCUT2D eigenvalue weighted by Crippen LogP contribution is 1.62. The first-order chi connectivity index (χ1) is 6.70. The van der Waals surface area contributed by atoms with Gasteiger partial charge in [-0.1, -0.05) is 0 Å². The lowest BCUT2D eigenvalue weighted by molar-refractivity contribution is -0.125. The summed E-state index contributed by atoms with van der Waals surface area (Å²) in [7, 11) is 0. The Morgan fingerprint density at radius 3 is 2.79 bits per heavy atom. The lowest BCUT2D eigenvalue weighted by Gasteiger charge is -2.04. The number of hydrogen-bond donors (Lipinski definition) is 4. The Morgan fingerprint density at radius 2 is 2.21 bits per heavy atom. The number of amides is 2. The van der Waals surface area contributed by atoms with Crippen LogP contribution >= 0.6 is 0 Å². The van der Waals surface area contributed by atoms with E-state index in [0.29, 0.717) is 6.21 Å². The van der Waals surface area contributed by atoms with Gasteiger partial charge in [0.05, 0.1) is 13.2 Å². The van der Waals surface area contributed by atoms with Gasteiger partial charge >= 0.3 is 12.1 Å². The van der Waals surface area contributed by atoms with E-state index in [2.05, 4.69) is 21.0 Å². The van der Waals surface area contributed by atoms with Crippen LogP contribution in [0.1, 0.15) is 0 Å². The van der Waals surface area contributed by atoms with Crippen LogP contribution in [-0.2, 0) is 9.59 Å². The summed E-state index contributed by atoms with van der Waals surface area (Å²) in [4.78, 5) is 23.9. The zero-order valence-electron chi connectivity index (χ0n) is 7.36. The molecule has 8 nitrogen and oxygen atoms in total. The number of nitrogens with one attached hydrogen (secondary N) is 3. The van der Waals surface area contributed by atoms with Gasteiger partial charge in [-0.15, -0.1) is 0 Å². The zero-order valence-corrected chi connectivity index (χ0v) is 7.36. The normalized spacial score (nSPS) is 8.64. The molecule has 2 amide bonds. The average molecular weight is 201 g/mol. The van der Waals surface area contributed by atoms with E-state index in [4.69, 9.17) is 10.6 Å². The predicted molar refractivity (Wildman–Crippen MR) is 45.9 cm³/mol. The highest BCUT2D eigenvalue weighted by atomic mass is 16.3. The van der Waals surface area contributed by atoms with Gasteiger partial charge in [0.15, 0.2) is 0 Å². The van der Waals surface area contributed by atoms with Crippen molar-refractivity contribution in [3.05, 3.63) is 5.53 Å². The number of carbonyl (C=O) groups excluding carboxylic acids is 2. The molecule has 4 N–H and O–H groups in total. The second-order valence-corrected chi connectivity index (χ2v) is 2.16. The molecule has 8 heteroatoms. The first-order valence-corrected chi connectivity index (χ1v) is 3.78. The Labute approximate surface area is 79.9 Å². The van der Waals surface area contributed by atoms with Crippen molar-refractivity contribution in [2.24, 2.45) is 0 Å². The second kappa shape index (κ2) is 7.87. The molecule has 0 aliphatic heterocycles. The molecule has 14 heavy (non-hydrogen) atoms. The Morgan fingerprint density at radius 1 is 1.50 bits per heavy atom. The summed E-state index contributed by atoms with van der Waals surface area (Å²) in [6.45, 7) is -0.134. The maximum Gasteiger partial charge on any atom is 0.344 e. The van der Waals surface area contributed by atoms with E-state index in [1.807, 2.05) is 0 Å². The molecule has 0 aromatic rings. The van der Waals surface area contributed by atoms with E-state index in [9.17, 15) is 9.59 Å². The molecule has 0 aromatic carbocycles. The van der Waals surface area contributed by atoms with Crippen molar-refractivity contribution in [2.45, 2.75) is 0 Å². The third-order valence-corrected chi connectivity index (χ3v) is 1.06. The topological polar surface area (TPSA) is 127 Å². The SMILES string of the molecule is [N-]=[N+]=CC(=O)NCC(=O)NNCCO. The van der Waals surface area contributed by atoms with Crippen LogP contribution in [0, 0.1) is 0 Å². The maximum atomic E-state index is 10.8. The monoisotopic (exact) mass is 201 g/mol. The van der Waals surface area contributed by atoms with Crippen molar-refractivity contribution in [1.29, 1.82) is 0 Å². The smallest absolute Gasteiger partial charge is 0.344 e. The fourth-order valence-electron chi connectivity index (χ4n) is 0.527. The molecule has 0 rings (SSSR count). The Kier molecular flexibility index (Phi) is 6.88. The van der Waals surface area contributed by atoms with E-state index in [1.165, 1.54) is 0 Å². The van der Waals surface area contributed by atoms with Crippen molar-refractivity contribution in [2.75, 3.05) is 19.7 Å². The summed E-state index contributed by atoms with van der Waals surface area (Å²) in [6.07, 6.45) is 0.633. The molecule has 0 spiro atoms. The molecule has 78 valence electrons. The molecule has 0 fully saturated rings. The molecule has 0 unspecified atom stereocenters. The maximum absolute atomic E-state index is 10.8. The van der Waals surface area contributed by atoms with Crippen LogP contribution in [0.5, 0.6) is 0 Å². The van der Waals surface area contributed by atoms with Crippen LogP contribution in [-0.4, -0.2) is 47.6 Å². The van der Waals surface area contributed by atoms with Gasteiger partial charge in [-0.3, -0.25) is 15.0 Å². The number of carbonyl (C=O) groups is 2. The van der Waals surface area contributed by atoms with Crippen molar-refractivity contribution >= 4 is 18.0 Å². The summed E-state index contributed by atoms with van der Waals surface area (Å²) < 4.78 is 0. The average Bonchev–Trinajstić information content (AvgIpc) is 2.16. The third kappa shape index (κ3) is 6.92. The molecule has 0 saturated carbocycles. The summed E-state index contributed by atoms with van der Waals surface area (Å²) in [5.41, 5.74) is 12.6. The van der Waals surface area contributed by atoms with Gasteiger partial charge in [-0.05, 0) is 0 Å². The lowest BCUT2D eigenvalue weighted by atomic mass is 10.5. The summed E-state index contributed by atoms with van der Waals surface area (Å²) in [5.74, 6) is -1.15. The summed E-state index contributed by atoms with van der Waals surface area (Å²) in [5, 5.41) is 10.5. The largest absolute Gasteiger partial charge is 0.395 e. The van der Waals surface area contributed by atoms with Crippen molar-refractivity contribution in [3.63, 3.8) is 0 Å². The first-order valence-electron chi connectivity index (χ1n) is 3.78. The molecule has 0 aliphatic carbocycles. The quantitative estimate of drug-likeness (QED) is 0.120. The first kappa shape index (κ1) is 12.2. The highest BCUT2D eigenvalue weighted by molar-refractivity contribution is 6.24. The van der Waals surface area contributed by atoms with Crippen molar-refractivity contribution < 1.29 is 19.5 Å². The van der Waals surface area contributed by atoms with E-state index in [1.54, 1.807) is 0 Å².